The van der Waals surface area contributed by atoms with Gasteiger partial charge in [-0.15, -0.1) is 0 Å². The molecule has 2 aliphatic rings. The summed E-state index contributed by atoms with van der Waals surface area (Å²) in [5.74, 6) is 1.50. The second kappa shape index (κ2) is 5.53. The smallest absolute Gasteiger partial charge is 0.128 e. The molecule has 0 aliphatic heterocycles. The van der Waals surface area contributed by atoms with Gasteiger partial charge >= 0.3 is 0 Å². The van der Waals surface area contributed by atoms with Crippen molar-refractivity contribution in [3.8, 4) is 11.5 Å². The van der Waals surface area contributed by atoms with Crippen LogP contribution in [0.5, 0.6) is 11.5 Å². The van der Waals surface area contributed by atoms with Gasteiger partial charge in [0.25, 0.3) is 0 Å². The highest BCUT2D eigenvalue weighted by atomic mass is 16.5. The van der Waals surface area contributed by atoms with E-state index in [2.05, 4.69) is 0 Å². The standard InChI is InChI=1S/C18H26O3/c1-20-14-5-6-15(16(13-14)21-2)18(19)11-9-17(10-12-18)7-3-4-8-17/h5-6,13,19H,3-4,7-12H2,1-2H3. The summed E-state index contributed by atoms with van der Waals surface area (Å²) in [5, 5.41) is 11.1. The summed E-state index contributed by atoms with van der Waals surface area (Å²) in [4.78, 5) is 0. The molecule has 21 heavy (non-hydrogen) atoms. The van der Waals surface area contributed by atoms with Crippen LogP contribution >= 0.6 is 0 Å². The van der Waals surface area contributed by atoms with Gasteiger partial charge in [0.2, 0.25) is 0 Å². The Balaban J connectivity index is 1.83. The number of aliphatic hydroxyl groups is 1. The third-order valence-corrected chi connectivity index (χ3v) is 5.71. The number of hydrogen-bond donors (Lipinski definition) is 1. The van der Waals surface area contributed by atoms with Gasteiger partial charge < -0.3 is 14.6 Å². The van der Waals surface area contributed by atoms with E-state index >= 15 is 0 Å². The van der Waals surface area contributed by atoms with E-state index in [1.165, 1.54) is 25.7 Å². The fraction of sp³-hybridized carbons (Fsp3) is 0.667. The van der Waals surface area contributed by atoms with Crippen molar-refractivity contribution in [1.82, 2.24) is 0 Å². The van der Waals surface area contributed by atoms with Crippen LogP contribution < -0.4 is 9.47 Å². The number of ether oxygens (including phenoxy) is 2. The number of hydrogen-bond acceptors (Lipinski definition) is 3. The molecule has 116 valence electrons. The molecule has 3 nitrogen and oxygen atoms in total. The van der Waals surface area contributed by atoms with Gasteiger partial charge in [0.15, 0.2) is 0 Å². The molecule has 2 saturated carbocycles. The predicted octanol–water partition coefficient (Wildman–Crippen LogP) is 4.03. The van der Waals surface area contributed by atoms with Crippen LogP contribution in [0.15, 0.2) is 18.2 Å². The lowest BCUT2D eigenvalue weighted by Gasteiger charge is -2.42. The van der Waals surface area contributed by atoms with Gasteiger partial charge in [0.1, 0.15) is 11.5 Å². The molecular formula is C18H26O3. The van der Waals surface area contributed by atoms with Crippen molar-refractivity contribution in [3.05, 3.63) is 23.8 Å². The SMILES string of the molecule is COc1ccc(C2(O)CCC3(CCCC3)CC2)c(OC)c1. The normalized spacial score (nSPS) is 23.2. The molecule has 1 spiro atoms. The fourth-order valence-corrected chi connectivity index (χ4v) is 4.27. The summed E-state index contributed by atoms with van der Waals surface area (Å²) in [7, 11) is 3.30. The van der Waals surface area contributed by atoms with E-state index in [-0.39, 0.29) is 0 Å². The molecule has 0 radical (unpaired) electrons. The van der Waals surface area contributed by atoms with E-state index in [0.717, 1.165) is 42.7 Å². The van der Waals surface area contributed by atoms with Crippen LogP contribution in [0.1, 0.15) is 56.9 Å². The second-order valence-corrected chi connectivity index (χ2v) is 6.80. The Hall–Kier alpha value is -1.22. The van der Waals surface area contributed by atoms with Gasteiger partial charge in [0, 0.05) is 11.6 Å². The molecule has 0 heterocycles. The highest BCUT2D eigenvalue weighted by molar-refractivity contribution is 5.44. The molecule has 0 saturated heterocycles. The van der Waals surface area contributed by atoms with E-state index in [4.69, 9.17) is 9.47 Å². The first-order chi connectivity index (χ1) is 10.1. The lowest BCUT2D eigenvalue weighted by molar-refractivity contribution is -0.0390. The topological polar surface area (TPSA) is 38.7 Å². The summed E-state index contributed by atoms with van der Waals surface area (Å²) < 4.78 is 10.7. The molecular weight excluding hydrogens is 264 g/mol. The van der Waals surface area contributed by atoms with E-state index < -0.39 is 5.60 Å². The number of methoxy groups -OCH3 is 2. The molecule has 3 rings (SSSR count). The molecule has 1 aromatic rings. The van der Waals surface area contributed by atoms with Crippen LogP contribution in [0.2, 0.25) is 0 Å². The van der Waals surface area contributed by atoms with Crippen molar-refractivity contribution in [1.29, 1.82) is 0 Å². The Labute approximate surface area is 127 Å². The lowest BCUT2D eigenvalue weighted by Crippen LogP contribution is -2.36. The summed E-state index contributed by atoms with van der Waals surface area (Å²) in [6, 6.07) is 5.74. The Kier molecular flexibility index (Phi) is 3.87. The molecule has 1 N–H and O–H groups in total. The van der Waals surface area contributed by atoms with Crippen LogP contribution in [0, 0.1) is 5.41 Å². The minimum Gasteiger partial charge on any atom is -0.497 e. The third-order valence-electron chi connectivity index (χ3n) is 5.71. The Morgan fingerprint density at radius 2 is 1.57 bits per heavy atom. The maximum absolute atomic E-state index is 11.1. The summed E-state index contributed by atoms with van der Waals surface area (Å²) in [5.41, 5.74) is 0.691. The zero-order valence-corrected chi connectivity index (χ0v) is 13.2. The first-order valence-electron chi connectivity index (χ1n) is 8.06. The first-order valence-corrected chi connectivity index (χ1v) is 8.06. The monoisotopic (exact) mass is 290 g/mol. The van der Waals surface area contributed by atoms with Crippen LogP contribution in [0.3, 0.4) is 0 Å². The molecule has 1 aromatic carbocycles. The van der Waals surface area contributed by atoms with Gasteiger partial charge in [-0.2, -0.15) is 0 Å². The van der Waals surface area contributed by atoms with Crippen LogP contribution in [-0.4, -0.2) is 19.3 Å². The van der Waals surface area contributed by atoms with Crippen LogP contribution in [-0.2, 0) is 5.60 Å². The Morgan fingerprint density at radius 1 is 0.905 bits per heavy atom. The average molecular weight is 290 g/mol. The Bertz CT molecular complexity index is 493. The molecule has 0 aromatic heterocycles. The molecule has 0 atom stereocenters. The average Bonchev–Trinajstić information content (AvgIpc) is 2.99. The van der Waals surface area contributed by atoms with Crippen molar-refractivity contribution >= 4 is 0 Å². The van der Waals surface area contributed by atoms with E-state index in [1.54, 1.807) is 14.2 Å². The highest BCUT2D eigenvalue weighted by Gasteiger charge is 2.44. The molecule has 2 aliphatic carbocycles. The molecule has 3 heteroatoms. The minimum absolute atomic E-state index is 0.520. The van der Waals surface area contributed by atoms with Crippen molar-refractivity contribution in [3.63, 3.8) is 0 Å². The summed E-state index contributed by atoms with van der Waals surface area (Å²) in [6.45, 7) is 0. The highest BCUT2D eigenvalue weighted by Crippen LogP contribution is 2.54. The van der Waals surface area contributed by atoms with Gasteiger partial charge in [0.05, 0.1) is 19.8 Å². The number of rotatable bonds is 3. The fourth-order valence-electron chi connectivity index (χ4n) is 4.27. The maximum Gasteiger partial charge on any atom is 0.128 e. The molecule has 0 bridgehead atoms. The van der Waals surface area contributed by atoms with Gasteiger partial charge in [-0.1, -0.05) is 12.8 Å². The largest absolute Gasteiger partial charge is 0.497 e. The zero-order valence-electron chi connectivity index (χ0n) is 13.2. The van der Waals surface area contributed by atoms with E-state index in [1.807, 2.05) is 18.2 Å². The quantitative estimate of drug-likeness (QED) is 0.913. The minimum atomic E-state index is -0.745. The molecule has 2 fully saturated rings. The van der Waals surface area contributed by atoms with Gasteiger partial charge in [-0.05, 0) is 56.1 Å². The molecule has 0 unspecified atom stereocenters. The van der Waals surface area contributed by atoms with Crippen molar-refractivity contribution in [2.75, 3.05) is 14.2 Å². The summed E-state index contributed by atoms with van der Waals surface area (Å²) >= 11 is 0. The zero-order chi connectivity index (χ0) is 14.9. The van der Waals surface area contributed by atoms with Crippen molar-refractivity contribution < 1.29 is 14.6 Å². The van der Waals surface area contributed by atoms with Crippen molar-refractivity contribution in [2.24, 2.45) is 5.41 Å². The van der Waals surface area contributed by atoms with Gasteiger partial charge in [-0.3, -0.25) is 0 Å². The second-order valence-electron chi connectivity index (χ2n) is 6.80. The van der Waals surface area contributed by atoms with Crippen molar-refractivity contribution in [2.45, 2.75) is 57.0 Å². The predicted molar refractivity (Wildman–Crippen MR) is 82.8 cm³/mol. The molecule has 0 amide bonds. The van der Waals surface area contributed by atoms with Crippen LogP contribution in [0.4, 0.5) is 0 Å². The maximum atomic E-state index is 11.1. The first kappa shape index (κ1) is 14.7. The van der Waals surface area contributed by atoms with E-state index in [0.29, 0.717) is 5.41 Å². The van der Waals surface area contributed by atoms with E-state index in [9.17, 15) is 5.11 Å². The summed E-state index contributed by atoms with van der Waals surface area (Å²) in [6.07, 6.45) is 9.39. The lowest BCUT2D eigenvalue weighted by atomic mass is 9.66. The van der Waals surface area contributed by atoms with Gasteiger partial charge in [-0.25, -0.2) is 0 Å². The Morgan fingerprint density at radius 3 is 2.14 bits per heavy atom. The van der Waals surface area contributed by atoms with Crippen LogP contribution in [0.25, 0.3) is 0 Å². The number of benzene rings is 1. The third kappa shape index (κ3) is 2.64.